The minimum atomic E-state index is -0.288. The molecule has 0 fully saturated rings. The molecule has 0 amide bonds. The van der Waals surface area contributed by atoms with Gasteiger partial charge >= 0.3 is 0 Å². The minimum Gasteiger partial charge on any atom is -0.288 e. The van der Waals surface area contributed by atoms with Gasteiger partial charge in [0.1, 0.15) is 5.82 Å². The highest BCUT2D eigenvalue weighted by Crippen LogP contribution is 2.57. The van der Waals surface area contributed by atoms with E-state index in [1.165, 1.54) is 5.56 Å². The van der Waals surface area contributed by atoms with Gasteiger partial charge in [-0.2, -0.15) is 0 Å². The van der Waals surface area contributed by atoms with Gasteiger partial charge in [-0.1, -0.05) is 191 Å². The van der Waals surface area contributed by atoms with Gasteiger partial charge in [0, 0.05) is 22.3 Å². The highest BCUT2D eigenvalue weighted by Gasteiger charge is 2.42. The number of carbonyl (C=O) groups excluding carboxylic acids is 2. The summed E-state index contributed by atoms with van der Waals surface area (Å²) < 4.78 is 0. The van der Waals surface area contributed by atoms with Gasteiger partial charge in [-0.15, -0.1) is 0 Å². The lowest BCUT2D eigenvalue weighted by Gasteiger charge is -2.33. The molecule has 1 aliphatic heterocycles. The van der Waals surface area contributed by atoms with Crippen LogP contribution in [0.5, 0.6) is 0 Å². The second-order valence-electron chi connectivity index (χ2n) is 19.3. The first kappa shape index (κ1) is 45.0. The predicted octanol–water partition coefficient (Wildman–Crippen LogP) is 16.6. The fourth-order valence-electron chi connectivity index (χ4n) is 10.5. The van der Waals surface area contributed by atoms with Gasteiger partial charge in [0.25, 0.3) is 0 Å². The summed E-state index contributed by atoms with van der Waals surface area (Å²) in [5.74, 6) is 1.67. The first-order chi connectivity index (χ1) is 34.5. The summed E-state index contributed by atoms with van der Waals surface area (Å²) in [5, 5.41) is 0. The zero-order valence-electron chi connectivity index (χ0n) is 41.2. The number of para-hydroxylation sites is 3. The summed E-state index contributed by atoms with van der Waals surface area (Å²) in [6.07, 6.45) is 3.69. The van der Waals surface area contributed by atoms with Gasteiger partial charge < -0.3 is 0 Å². The van der Waals surface area contributed by atoms with Crippen LogP contribution in [0.4, 0.5) is 23.0 Å². The van der Waals surface area contributed by atoms with Crippen molar-refractivity contribution in [3.63, 3.8) is 0 Å². The summed E-state index contributed by atoms with van der Waals surface area (Å²) in [7, 11) is 0. The second kappa shape index (κ2) is 18.1. The molecular weight excluding hydrogens is 869 g/mol. The van der Waals surface area contributed by atoms with Gasteiger partial charge in [0.2, 0.25) is 0 Å². The molecule has 0 bridgehead atoms. The van der Waals surface area contributed by atoms with Crippen molar-refractivity contribution >= 4 is 45.6 Å². The number of hydrogen-bond acceptors (Lipinski definition) is 6. The number of allylic oxidation sites excluding steroid dienone is 3. The summed E-state index contributed by atoms with van der Waals surface area (Å²) in [5.41, 5.74) is 18.8. The molecule has 11 rings (SSSR count). The molecular formula is C65H54N4O2. The van der Waals surface area contributed by atoms with Gasteiger partial charge in [-0.3, -0.25) is 19.4 Å². The average Bonchev–Trinajstić information content (AvgIpc) is 3.84. The fourth-order valence-corrected chi connectivity index (χ4v) is 10.5. The SMILES string of the molecule is Cc1c(C)c(-c2ccc(-c3ccccc3)cc2)c(N2/C(=C/C=C3C(=O)c4ccccc4C3=O)N(c3c(C(C)C)cccc3C(C)C)c3nc4ccccc4nc32)c(-c2ccc(-c3ccccc3)cc2)c1C. The van der Waals surface area contributed by atoms with Crippen molar-refractivity contribution in [2.75, 3.05) is 9.80 Å². The van der Waals surface area contributed by atoms with Gasteiger partial charge in [-0.05, 0) is 118 Å². The number of carbonyl (C=O) groups is 2. The van der Waals surface area contributed by atoms with Crippen LogP contribution in [-0.4, -0.2) is 21.5 Å². The number of ketones is 2. The van der Waals surface area contributed by atoms with Crippen molar-refractivity contribution in [1.82, 2.24) is 9.97 Å². The molecule has 2 aliphatic rings. The summed E-state index contributed by atoms with van der Waals surface area (Å²) in [6.45, 7) is 15.6. The van der Waals surface area contributed by atoms with Crippen LogP contribution < -0.4 is 9.80 Å². The topological polar surface area (TPSA) is 66.4 Å². The number of aromatic nitrogens is 2. The first-order valence-corrected chi connectivity index (χ1v) is 24.6. The molecule has 1 aromatic heterocycles. The maximum absolute atomic E-state index is 14.3. The summed E-state index contributed by atoms with van der Waals surface area (Å²) in [6, 6.07) is 60.4. The predicted molar refractivity (Wildman–Crippen MR) is 292 cm³/mol. The Morgan fingerprint density at radius 2 is 0.775 bits per heavy atom. The quantitative estimate of drug-likeness (QED) is 0.106. The van der Waals surface area contributed by atoms with Crippen LogP contribution in [0.3, 0.4) is 0 Å². The van der Waals surface area contributed by atoms with Crippen molar-refractivity contribution in [3.8, 4) is 44.5 Å². The molecule has 71 heavy (non-hydrogen) atoms. The molecule has 0 unspecified atom stereocenters. The van der Waals surface area contributed by atoms with E-state index in [0.29, 0.717) is 28.6 Å². The zero-order valence-corrected chi connectivity index (χ0v) is 41.2. The number of benzene rings is 8. The molecule has 0 saturated carbocycles. The van der Waals surface area contributed by atoms with Crippen molar-refractivity contribution in [2.45, 2.75) is 60.3 Å². The van der Waals surface area contributed by atoms with E-state index in [9.17, 15) is 9.59 Å². The Hall–Kier alpha value is -8.48. The maximum Gasteiger partial charge on any atom is 0.197 e. The molecule has 9 aromatic rings. The van der Waals surface area contributed by atoms with E-state index in [2.05, 4.69) is 174 Å². The Morgan fingerprint density at radius 1 is 0.394 bits per heavy atom. The monoisotopic (exact) mass is 922 g/mol. The molecule has 0 radical (unpaired) electrons. The lowest BCUT2D eigenvalue weighted by Crippen LogP contribution is -2.25. The Balaban J connectivity index is 1.27. The second-order valence-corrected chi connectivity index (χ2v) is 19.3. The highest BCUT2D eigenvalue weighted by molar-refractivity contribution is 6.39. The molecule has 1 aliphatic carbocycles. The van der Waals surface area contributed by atoms with Crippen LogP contribution in [-0.2, 0) is 0 Å². The van der Waals surface area contributed by atoms with Crippen LogP contribution in [0.15, 0.2) is 199 Å². The number of Topliss-reactive ketones (excluding diaryl/α,β-unsaturated/α-hetero) is 2. The smallest absolute Gasteiger partial charge is 0.197 e. The first-order valence-electron chi connectivity index (χ1n) is 24.6. The molecule has 0 N–H and O–H groups in total. The lowest BCUT2D eigenvalue weighted by atomic mass is 9.84. The van der Waals surface area contributed by atoms with Crippen LogP contribution >= 0.6 is 0 Å². The van der Waals surface area contributed by atoms with Gasteiger partial charge in [0.15, 0.2) is 23.2 Å². The number of anilines is 4. The molecule has 0 atom stereocenters. The Labute approximate surface area is 416 Å². The van der Waals surface area contributed by atoms with Crippen LogP contribution in [0.1, 0.15) is 88.1 Å². The Kier molecular flexibility index (Phi) is 11.5. The standard InChI is InChI=1S/C65H54N4O2/c1-39(2)50-25-18-26-51(40(3)4)60(50)68-57(38-37-54-62(70)52-23-14-15-24-53(52)63(54)71)69(65-64(68)66-55-27-16-17-28-56(55)67-65)61-58(48-33-29-46(30-34-48)44-19-10-8-11-20-44)42(6)41(5)43(7)59(61)49-35-31-47(32-36-49)45-21-12-9-13-22-45/h8-40H,1-7H3/b57-38+. The fraction of sp³-hybridized carbons (Fsp3) is 0.138. The highest BCUT2D eigenvalue weighted by atomic mass is 16.2. The average molecular weight is 923 g/mol. The van der Waals surface area contributed by atoms with E-state index >= 15 is 0 Å². The molecule has 0 saturated heterocycles. The molecule has 8 aromatic carbocycles. The molecule has 6 nitrogen and oxygen atoms in total. The van der Waals surface area contributed by atoms with Gasteiger partial charge in [-0.25, -0.2) is 9.97 Å². The van der Waals surface area contributed by atoms with E-state index in [0.717, 1.165) is 89.2 Å². The number of fused-ring (bicyclic) bond motifs is 3. The van der Waals surface area contributed by atoms with Crippen molar-refractivity contribution in [3.05, 3.63) is 238 Å². The van der Waals surface area contributed by atoms with Gasteiger partial charge in [0.05, 0.1) is 28.0 Å². The van der Waals surface area contributed by atoms with Crippen molar-refractivity contribution < 1.29 is 9.59 Å². The van der Waals surface area contributed by atoms with E-state index < -0.39 is 0 Å². The molecule has 346 valence electrons. The Bertz CT molecular complexity index is 3470. The van der Waals surface area contributed by atoms with Crippen molar-refractivity contribution in [1.29, 1.82) is 0 Å². The third kappa shape index (κ3) is 7.67. The third-order valence-corrected chi connectivity index (χ3v) is 14.4. The summed E-state index contributed by atoms with van der Waals surface area (Å²) in [4.78, 5) is 44.3. The molecule has 6 heteroatoms. The molecule has 2 heterocycles. The van der Waals surface area contributed by atoms with Crippen molar-refractivity contribution in [2.24, 2.45) is 0 Å². The van der Waals surface area contributed by atoms with E-state index in [-0.39, 0.29) is 29.0 Å². The lowest BCUT2D eigenvalue weighted by molar-refractivity contribution is 0.0988. The van der Waals surface area contributed by atoms with E-state index in [1.54, 1.807) is 18.2 Å². The number of nitrogens with zero attached hydrogens (tertiary/aromatic N) is 4. The largest absolute Gasteiger partial charge is 0.288 e. The number of hydrogen-bond donors (Lipinski definition) is 0. The minimum absolute atomic E-state index is 0.117. The third-order valence-electron chi connectivity index (χ3n) is 14.4. The van der Waals surface area contributed by atoms with Crippen LogP contribution in [0.25, 0.3) is 55.5 Å². The summed E-state index contributed by atoms with van der Waals surface area (Å²) >= 11 is 0. The number of rotatable bonds is 9. The zero-order chi connectivity index (χ0) is 49.1. The van der Waals surface area contributed by atoms with Crippen LogP contribution in [0, 0.1) is 20.8 Å². The normalized spacial score (nSPS) is 13.8. The Morgan fingerprint density at radius 3 is 1.21 bits per heavy atom. The van der Waals surface area contributed by atoms with E-state index in [4.69, 9.17) is 9.97 Å². The maximum atomic E-state index is 14.3. The molecule has 0 spiro atoms. The van der Waals surface area contributed by atoms with E-state index in [1.807, 2.05) is 54.6 Å². The van der Waals surface area contributed by atoms with Crippen LogP contribution in [0.2, 0.25) is 0 Å².